The lowest BCUT2D eigenvalue weighted by molar-refractivity contribution is 0.0582. The van der Waals surface area contributed by atoms with Crippen LogP contribution in [0, 0.1) is 11.8 Å². The molecule has 2 amide bonds. The standard InChI is InChI=1S/C21H32N2O3/c24-20(7-6-17-4-2-1-3-5-17)19-8-12-23(13-9-19)21(25)22-16-18-10-14-26-15-11-18/h1-5,18-20,24H,6-16H2,(H,22,25). The van der Waals surface area contributed by atoms with E-state index >= 15 is 0 Å². The van der Waals surface area contributed by atoms with Gasteiger partial charge in [-0.2, -0.15) is 0 Å². The minimum Gasteiger partial charge on any atom is -0.393 e. The number of aryl methyl sites for hydroxylation is 1. The lowest BCUT2D eigenvalue weighted by atomic mass is 9.88. The van der Waals surface area contributed by atoms with E-state index in [4.69, 9.17) is 4.74 Å². The summed E-state index contributed by atoms with van der Waals surface area (Å²) in [6, 6.07) is 10.4. The van der Waals surface area contributed by atoms with Gasteiger partial charge in [-0.05, 0) is 55.9 Å². The zero-order valence-electron chi connectivity index (χ0n) is 15.6. The van der Waals surface area contributed by atoms with Crippen molar-refractivity contribution in [3.05, 3.63) is 35.9 Å². The van der Waals surface area contributed by atoms with Crippen LogP contribution in [0.3, 0.4) is 0 Å². The highest BCUT2D eigenvalue weighted by Gasteiger charge is 2.27. The molecule has 0 aliphatic carbocycles. The van der Waals surface area contributed by atoms with Crippen LogP contribution in [0.1, 0.15) is 37.7 Å². The molecule has 1 aromatic rings. The summed E-state index contributed by atoms with van der Waals surface area (Å²) in [7, 11) is 0. The van der Waals surface area contributed by atoms with Gasteiger partial charge in [0.15, 0.2) is 0 Å². The Morgan fingerprint density at radius 2 is 1.85 bits per heavy atom. The second-order valence-electron chi connectivity index (χ2n) is 7.66. The Morgan fingerprint density at radius 1 is 1.15 bits per heavy atom. The first kappa shape index (κ1) is 19.2. The molecule has 1 atom stereocenters. The Morgan fingerprint density at radius 3 is 2.54 bits per heavy atom. The van der Waals surface area contributed by atoms with Crippen molar-refractivity contribution < 1.29 is 14.6 Å². The van der Waals surface area contributed by atoms with Gasteiger partial charge in [0, 0.05) is 32.8 Å². The van der Waals surface area contributed by atoms with Crippen molar-refractivity contribution in [2.24, 2.45) is 11.8 Å². The van der Waals surface area contributed by atoms with Crippen LogP contribution in [0.25, 0.3) is 0 Å². The van der Waals surface area contributed by atoms with Crippen molar-refractivity contribution in [3.8, 4) is 0 Å². The van der Waals surface area contributed by atoms with Gasteiger partial charge in [0.05, 0.1) is 6.10 Å². The third-order valence-electron chi connectivity index (χ3n) is 5.83. The van der Waals surface area contributed by atoms with Crippen LogP contribution in [0.4, 0.5) is 4.79 Å². The number of ether oxygens (including phenoxy) is 1. The first-order valence-corrected chi connectivity index (χ1v) is 10.0. The van der Waals surface area contributed by atoms with Crippen molar-refractivity contribution in [1.29, 1.82) is 0 Å². The number of aliphatic hydroxyl groups is 1. The van der Waals surface area contributed by atoms with Crippen molar-refractivity contribution in [1.82, 2.24) is 10.2 Å². The summed E-state index contributed by atoms with van der Waals surface area (Å²) in [5.41, 5.74) is 1.27. The number of nitrogens with one attached hydrogen (secondary N) is 1. The van der Waals surface area contributed by atoms with Crippen LogP contribution < -0.4 is 5.32 Å². The second kappa shape index (κ2) is 9.93. The number of piperidine rings is 1. The number of likely N-dealkylation sites (tertiary alicyclic amines) is 1. The highest BCUT2D eigenvalue weighted by atomic mass is 16.5. The van der Waals surface area contributed by atoms with Crippen molar-refractivity contribution in [2.75, 3.05) is 32.8 Å². The van der Waals surface area contributed by atoms with E-state index < -0.39 is 0 Å². The predicted molar refractivity (Wildman–Crippen MR) is 102 cm³/mol. The number of hydrogen-bond acceptors (Lipinski definition) is 3. The average molecular weight is 360 g/mol. The molecule has 26 heavy (non-hydrogen) atoms. The van der Waals surface area contributed by atoms with Gasteiger partial charge in [-0.15, -0.1) is 0 Å². The fraction of sp³-hybridized carbons (Fsp3) is 0.667. The SMILES string of the molecule is O=C(NCC1CCOCC1)N1CCC(C(O)CCc2ccccc2)CC1. The van der Waals surface area contributed by atoms with E-state index in [-0.39, 0.29) is 12.1 Å². The maximum Gasteiger partial charge on any atom is 0.317 e. The van der Waals surface area contributed by atoms with Gasteiger partial charge in [-0.1, -0.05) is 30.3 Å². The Balaban J connectivity index is 1.34. The summed E-state index contributed by atoms with van der Waals surface area (Å²) < 4.78 is 5.36. The van der Waals surface area contributed by atoms with Crippen molar-refractivity contribution >= 4 is 6.03 Å². The van der Waals surface area contributed by atoms with Crippen molar-refractivity contribution in [3.63, 3.8) is 0 Å². The zero-order chi connectivity index (χ0) is 18.2. The van der Waals surface area contributed by atoms with Gasteiger partial charge >= 0.3 is 6.03 Å². The molecule has 2 N–H and O–H groups in total. The number of amides is 2. The quantitative estimate of drug-likeness (QED) is 0.820. The molecule has 0 aromatic heterocycles. The molecular formula is C21H32N2O3. The lowest BCUT2D eigenvalue weighted by Crippen LogP contribution is -2.47. The van der Waals surface area contributed by atoms with Gasteiger partial charge in [0.1, 0.15) is 0 Å². The summed E-state index contributed by atoms with van der Waals surface area (Å²) in [5, 5.41) is 13.6. The minimum atomic E-state index is -0.275. The number of aliphatic hydroxyl groups excluding tert-OH is 1. The number of hydrogen-bond donors (Lipinski definition) is 2. The number of carbonyl (C=O) groups is 1. The third-order valence-corrected chi connectivity index (χ3v) is 5.83. The smallest absolute Gasteiger partial charge is 0.317 e. The fourth-order valence-corrected chi connectivity index (χ4v) is 3.98. The molecule has 5 heteroatoms. The molecule has 2 aliphatic rings. The van der Waals surface area contributed by atoms with Crippen LogP contribution in [0.2, 0.25) is 0 Å². The molecule has 2 saturated heterocycles. The molecule has 2 aliphatic heterocycles. The van der Waals surface area contributed by atoms with E-state index in [0.29, 0.717) is 11.8 Å². The van der Waals surface area contributed by atoms with Gasteiger partial charge in [-0.25, -0.2) is 4.79 Å². The number of rotatable bonds is 6. The van der Waals surface area contributed by atoms with E-state index in [0.717, 1.165) is 71.4 Å². The molecule has 0 radical (unpaired) electrons. The summed E-state index contributed by atoms with van der Waals surface area (Å²) in [4.78, 5) is 14.3. The summed E-state index contributed by atoms with van der Waals surface area (Å²) in [5.74, 6) is 0.850. The maximum atomic E-state index is 12.3. The molecule has 1 unspecified atom stereocenters. The Bertz CT molecular complexity index is 537. The topological polar surface area (TPSA) is 61.8 Å². The maximum absolute atomic E-state index is 12.3. The van der Waals surface area contributed by atoms with Gasteiger partial charge < -0.3 is 20.1 Å². The van der Waals surface area contributed by atoms with E-state index in [2.05, 4.69) is 17.4 Å². The molecule has 2 fully saturated rings. The van der Waals surface area contributed by atoms with Crippen LogP contribution in [-0.2, 0) is 11.2 Å². The number of urea groups is 1. The summed E-state index contributed by atoms with van der Waals surface area (Å²) >= 11 is 0. The number of carbonyl (C=O) groups excluding carboxylic acids is 1. The number of nitrogens with zero attached hydrogens (tertiary/aromatic N) is 1. The van der Waals surface area contributed by atoms with E-state index in [1.807, 2.05) is 23.1 Å². The minimum absolute atomic E-state index is 0.0497. The Kier molecular flexibility index (Phi) is 7.32. The molecule has 144 valence electrons. The number of benzene rings is 1. The van der Waals surface area contributed by atoms with Crippen LogP contribution in [0.15, 0.2) is 30.3 Å². The normalized spacial score (nSPS) is 20.7. The zero-order valence-corrected chi connectivity index (χ0v) is 15.6. The summed E-state index contributed by atoms with van der Waals surface area (Å²) in [6.07, 6.45) is 5.29. The molecular weight excluding hydrogens is 328 g/mol. The van der Waals surface area contributed by atoms with E-state index in [1.165, 1.54) is 5.56 Å². The first-order valence-electron chi connectivity index (χ1n) is 10.0. The molecule has 1 aromatic carbocycles. The lowest BCUT2D eigenvalue weighted by Gasteiger charge is -2.34. The Hall–Kier alpha value is -1.59. The van der Waals surface area contributed by atoms with Gasteiger partial charge in [-0.3, -0.25) is 0 Å². The molecule has 3 rings (SSSR count). The van der Waals surface area contributed by atoms with Gasteiger partial charge in [0.2, 0.25) is 0 Å². The van der Waals surface area contributed by atoms with Crippen LogP contribution in [0.5, 0.6) is 0 Å². The molecule has 0 spiro atoms. The van der Waals surface area contributed by atoms with Crippen LogP contribution >= 0.6 is 0 Å². The third kappa shape index (κ3) is 5.71. The monoisotopic (exact) mass is 360 g/mol. The van der Waals surface area contributed by atoms with E-state index in [9.17, 15) is 9.90 Å². The van der Waals surface area contributed by atoms with Crippen molar-refractivity contribution in [2.45, 2.75) is 44.6 Å². The summed E-state index contributed by atoms with van der Waals surface area (Å²) in [6.45, 7) is 3.86. The van der Waals surface area contributed by atoms with Crippen LogP contribution in [-0.4, -0.2) is 55.0 Å². The second-order valence-corrected chi connectivity index (χ2v) is 7.66. The fourth-order valence-electron chi connectivity index (χ4n) is 3.98. The predicted octanol–water partition coefficient (Wildman–Crippen LogP) is 2.83. The van der Waals surface area contributed by atoms with E-state index in [1.54, 1.807) is 0 Å². The van der Waals surface area contributed by atoms with Gasteiger partial charge in [0.25, 0.3) is 0 Å². The average Bonchev–Trinajstić information content (AvgIpc) is 2.72. The highest BCUT2D eigenvalue weighted by Crippen LogP contribution is 2.23. The highest BCUT2D eigenvalue weighted by molar-refractivity contribution is 5.74. The molecule has 0 saturated carbocycles. The molecule has 2 heterocycles. The Labute approximate surface area is 156 Å². The molecule has 0 bridgehead atoms. The largest absolute Gasteiger partial charge is 0.393 e. The first-order chi connectivity index (χ1) is 12.7. The molecule has 5 nitrogen and oxygen atoms in total.